The van der Waals surface area contributed by atoms with Gasteiger partial charge in [-0.25, -0.2) is 9.97 Å². The standard InChI is InChI=1S/C17H24N6O2/c1-12-20-16(25-21-12)17-4-5-22(2)8-14(17)9-23(10-17)7-13-6-18-11-19-15(13)24-3/h6,11,14H,4-5,7-10H2,1-3H3/t14-,17-/m1/s1. The van der Waals surface area contributed by atoms with Crippen LogP contribution in [0.15, 0.2) is 17.0 Å². The first-order valence-electron chi connectivity index (χ1n) is 8.65. The molecule has 2 atom stereocenters. The molecule has 2 fully saturated rings. The molecule has 2 saturated heterocycles. The van der Waals surface area contributed by atoms with Crippen LogP contribution in [-0.4, -0.2) is 70.2 Å². The van der Waals surface area contributed by atoms with Crippen LogP contribution in [0.25, 0.3) is 0 Å². The molecule has 0 bridgehead atoms. The molecule has 25 heavy (non-hydrogen) atoms. The number of likely N-dealkylation sites (tertiary alicyclic amines) is 2. The summed E-state index contributed by atoms with van der Waals surface area (Å²) in [5.74, 6) is 2.62. The second-order valence-electron chi connectivity index (χ2n) is 7.24. The van der Waals surface area contributed by atoms with Crippen LogP contribution in [-0.2, 0) is 12.0 Å². The van der Waals surface area contributed by atoms with Gasteiger partial charge in [0.2, 0.25) is 11.8 Å². The Labute approximate surface area is 147 Å². The average Bonchev–Trinajstić information content (AvgIpc) is 3.19. The minimum Gasteiger partial charge on any atom is -0.481 e. The van der Waals surface area contributed by atoms with Crippen LogP contribution in [0.5, 0.6) is 5.88 Å². The monoisotopic (exact) mass is 344 g/mol. The molecule has 0 aliphatic carbocycles. The normalized spacial score (nSPS) is 27.4. The highest BCUT2D eigenvalue weighted by Crippen LogP contribution is 2.44. The summed E-state index contributed by atoms with van der Waals surface area (Å²) in [7, 11) is 3.83. The summed E-state index contributed by atoms with van der Waals surface area (Å²) in [4.78, 5) is 17.8. The van der Waals surface area contributed by atoms with Gasteiger partial charge in [-0.2, -0.15) is 4.98 Å². The number of ether oxygens (including phenoxy) is 1. The quantitative estimate of drug-likeness (QED) is 0.809. The summed E-state index contributed by atoms with van der Waals surface area (Å²) in [5, 5.41) is 4.04. The lowest BCUT2D eigenvalue weighted by Crippen LogP contribution is -2.48. The number of aromatic nitrogens is 4. The smallest absolute Gasteiger partial charge is 0.234 e. The van der Waals surface area contributed by atoms with E-state index in [1.54, 1.807) is 7.11 Å². The molecule has 8 heteroatoms. The van der Waals surface area contributed by atoms with E-state index in [0.29, 0.717) is 17.6 Å². The number of methoxy groups -OCH3 is 1. The predicted octanol–water partition coefficient (Wildman–Crippen LogP) is 0.882. The van der Waals surface area contributed by atoms with Crippen molar-refractivity contribution < 1.29 is 9.26 Å². The van der Waals surface area contributed by atoms with Gasteiger partial charge >= 0.3 is 0 Å². The Morgan fingerprint density at radius 2 is 2.28 bits per heavy atom. The maximum atomic E-state index is 5.63. The van der Waals surface area contributed by atoms with Crippen molar-refractivity contribution in [2.24, 2.45) is 5.92 Å². The van der Waals surface area contributed by atoms with Crippen molar-refractivity contribution in [1.82, 2.24) is 29.9 Å². The number of nitrogens with zero attached hydrogens (tertiary/aromatic N) is 6. The molecule has 2 aromatic heterocycles. The first-order valence-corrected chi connectivity index (χ1v) is 8.65. The van der Waals surface area contributed by atoms with Crippen LogP contribution in [0.4, 0.5) is 0 Å². The molecule has 134 valence electrons. The number of rotatable bonds is 4. The van der Waals surface area contributed by atoms with E-state index in [2.05, 4.69) is 37.0 Å². The molecule has 0 amide bonds. The molecule has 2 aliphatic rings. The molecule has 0 radical (unpaired) electrons. The highest BCUT2D eigenvalue weighted by Gasteiger charge is 2.53. The van der Waals surface area contributed by atoms with Gasteiger partial charge in [0.15, 0.2) is 5.82 Å². The number of aryl methyl sites for hydroxylation is 1. The Morgan fingerprint density at radius 1 is 1.40 bits per heavy atom. The Hall–Kier alpha value is -2.06. The fraction of sp³-hybridized carbons (Fsp3) is 0.647. The van der Waals surface area contributed by atoms with Crippen molar-refractivity contribution in [3.05, 3.63) is 29.8 Å². The van der Waals surface area contributed by atoms with Gasteiger partial charge in [-0.15, -0.1) is 0 Å². The van der Waals surface area contributed by atoms with Crippen LogP contribution in [0.2, 0.25) is 0 Å². The maximum absolute atomic E-state index is 5.63. The third kappa shape index (κ3) is 2.89. The molecule has 0 saturated carbocycles. The first-order chi connectivity index (χ1) is 12.1. The van der Waals surface area contributed by atoms with Crippen molar-refractivity contribution in [1.29, 1.82) is 0 Å². The SMILES string of the molecule is COc1ncncc1CN1C[C@H]2CN(C)CC[C@@]2(c2nc(C)no2)C1. The minimum atomic E-state index is -0.0589. The van der Waals surface area contributed by atoms with E-state index >= 15 is 0 Å². The van der Waals surface area contributed by atoms with E-state index < -0.39 is 0 Å². The van der Waals surface area contributed by atoms with E-state index in [1.165, 1.54) is 6.33 Å². The lowest BCUT2D eigenvalue weighted by Gasteiger charge is -2.39. The fourth-order valence-electron chi connectivity index (χ4n) is 4.30. The van der Waals surface area contributed by atoms with Crippen LogP contribution >= 0.6 is 0 Å². The van der Waals surface area contributed by atoms with Gasteiger partial charge in [-0.05, 0) is 32.9 Å². The van der Waals surface area contributed by atoms with Crippen LogP contribution in [0.3, 0.4) is 0 Å². The maximum Gasteiger partial charge on any atom is 0.234 e. The van der Waals surface area contributed by atoms with E-state index in [4.69, 9.17) is 9.26 Å². The van der Waals surface area contributed by atoms with Gasteiger partial charge < -0.3 is 14.2 Å². The summed E-state index contributed by atoms with van der Waals surface area (Å²) in [6.45, 7) is 6.63. The molecule has 0 unspecified atom stereocenters. The van der Waals surface area contributed by atoms with Gasteiger partial charge in [0.05, 0.1) is 12.5 Å². The Kier molecular flexibility index (Phi) is 4.16. The molecule has 4 heterocycles. The van der Waals surface area contributed by atoms with Gasteiger partial charge in [-0.1, -0.05) is 5.16 Å². The molecular weight excluding hydrogens is 320 g/mol. The Balaban J connectivity index is 1.61. The number of hydrogen-bond acceptors (Lipinski definition) is 8. The lowest BCUT2D eigenvalue weighted by molar-refractivity contribution is 0.118. The first kappa shape index (κ1) is 16.4. The molecule has 0 N–H and O–H groups in total. The second kappa shape index (κ2) is 6.34. The van der Waals surface area contributed by atoms with Crippen molar-refractivity contribution in [2.75, 3.05) is 40.3 Å². The summed E-state index contributed by atoms with van der Waals surface area (Å²) >= 11 is 0. The lowest BCUT2D eigenvalue weighted by atomic mass is 9.72. The van der Waals surface area contributed by atoms with Crippen molar-refractivity contribution >= 4 is 0 Å². The number of hydrogen-bond donors (Lipinski definition) is 0. The topological polar surface area (TPSA) is 80.4 Å². The molecule has 0 aromatic carbocycles. The molecule has 2 aliphatic heterocycles. The van der Waals surface area contributed by atoms with Crippen LogP contribution < -0.4 is 4.74 Å². The van der Waals surface area contributed by atoms with Crippen LogP contribution in [0, 0.1) is 12.8 Å². The highest BCUT2D eigenvalue weighted by molar-refractivity contribution is 5.23. The summed E-state index contributed by atoms with van der Waals surface area (Å²) in [6, 6.07) is 0. The second-order valence-corrected chi connectivity index (χ2v) is 7.24. The predicted molar refractivity (Wildman–Crippen MR) is 90.2 cm³/mol. The zero-order chi connectivity index (χ0) is 17.4. The van der Waals surface area contributed by atoms with Crippen molar-refractivity contribution in [2.45, 2.75) is 25.3 Å². The third-order valence-electron chi connectivity index (χ3n) is 5.53. The Morgan fingerprint density at radius 3 is 3.04 bits per heavy atom. The zero-order valence-corrected chi connectivity index (χ0v) is 15.0. The van der Waals surface area contributed by atoms with E-state index in [9.17, 15) is 0 Å². The fourth-order valence-corrected chi connectivity index (χ4v) is 4.30. The molecule has 2 aromatic rings. The van der Waals surface area contributed by atoms with Crippen molar-refractivity contribution in [3.8, 4) is 5.88 Å². The highest BCUT2D eigenvalue weighted by atomic mass is 16.5. The summed E-state index contributed by atoms with van der Waals surface area (Å²) in [6.07, 6.45) is 4.39. The van der Waals surface area contributed by atoms with E-state index in [0.717, 1.165) is 50.6 Å². The third-order valence-corrected chi connectivity index (χ3v) is 5.53. The molecule has 8 nitrogen and oxygen atoms in total. The Bertz CT molecular complexity index is 750. The summed E-state index contributed by atoms with van der Waals surface area (Å²) < 4.78 is 11.0. The number of piperidine rings is 1. The number of fused-ring (bicyclic) bond motifs is 1. The zero-order valence-electron chi connectivity index (χ0n) is 15.0. The van der Waals surface area contributed by atoms with Gasteiger partial charge in [-0.3, -0.25) is 4.90 Å². The van der Waals surface area contributed by atoms with Gasteiger partial charge in [0, 0.05) is 37.9 Å². The van der Waals surface area contributed by atoms with Gasteiger partial charge in [0.1, 0.15) is 6.33 Å². The average molecular weight is 344 g/mol. The largest absolute Gasteiger partial charge is 0.481 e. The van der Waals surface area contributed by atoms with E-state index in [1.807, 2.05) is 13.1 Å². The minimum absolute atomic E-state index is 0.0589. The van der Waals surface area contributed by atoms with Gasteiger partial charge in [0.25, 0.3) is 0 Å². The molecular formula is C17H24N6O2. The van der Waals surface area contributed by atoms with Crippen molar-refractivity contribution in [3.63, 3.8) is 0 Å². The van der Waals surface area contributed by atoms with Crippen LogP contribution in [0.1, 0.15) is 23.7 Å². The molecule has 0 spiro atoms. The molecule has 4 rings (SSSR count). The van der Waals surface area contributed by atoms with E-state index in [-0.39, 0.29) is 5.41 Å². The summed E-state index contributed by atoms with van der Waals surface area (Å²) in [5.41, 5.74) is 0.949.